The molecule has 1 aliphatic rings. The molecule has 2 heterocycles. The third-order valence-corrected chi connectivity index (χ3v) is 3.77. The van der Waals surface area contributed by atoms with Crippen molar-refractivity contribution in [1.82, 2.24) is 25.5 Å². The number of carbonyl (C=O) groups is 1. The molecule has 0 bridgehead atoms. The minimum Gasteiger partial charge on any atom is -0.454 e. The van der Waals surface area contributed by atoms with Crippen LogP contribution in [0, 0.1) is 5.82 Å². The van der Waals surface area contributed by atoms with Crippen molar-refractivity contribution >= 4 is 5.91 Å². The molecular formula is C17H14FN5O3. The molecule has 0 atom stereocenters. The number of rotatable bonds is 5. The second-order valence-electron chi connectivity index (χ2n) is 5.61. The van der Waals surface area contributed by atoms with Crippen LogP contribution in [0.5, 0.6) is 11.5 Å². The van der Waals surface area contributed by atoms with Crippen LogP contribution in [-0.4, -0.2) is 32.9 Å². The molecule has 1 aromatic heterocycles. The largest absolute Gasteiger partial charge is 0.454 e. The van der Waals surface area contributed by atoms with Crippen molar-refractivity contribution in [3.8, 4) is 22.9 Å². The van der Waals surface area contributed by atoms with Gasteiger partial charge in [0.05, 0.1) is 0 Å². The highest BCUT2D eigenvalue weighted by Gasteiger charge is 2.16. The minimum atomic E-state index is -0.317. The van der Waals surface area contributed by atoms with E-state index in [-0.39, 0.29) is 25.1 Å². The van der Waals surface area contributed by atoms with Crippen molar-refractivity contribution in [2.24, 2.45) is 0 Å². The normalized spacial score (nSPS) is 12.2. The molecule has 3 aromatic rings. The third-order valence-electron chi connectivity index (χ3n) is 3.77. The summed E-state index contributed by atoms with van der Waals surface area (Å²) in [7, 11) is 0. The maximum absolute atomic E-state index is 12.9. The number of nitrogens with one attached hydrogen (secondary N) is 1. The van der Waals surface area contributed by atoms with Gasteiger partial charge in [0.1, 0.15) is 12.4 Å². The van der Waals surface area contributed by atoms with Gasteiger partial charge in [-0.3, -0.25) is 4.79 Å². The Morgan fingerprint density at radius 1 is 1.15 bits per heavy atom. The van der Waals surface area contributed by atoms with E-state index in [1.165, 1.54) is 16.9 Å². The summed E-state index contributed by atoms with van der Waals surface area (Å²) in [6.45, 7) is 0.411. The summed E-state index contributed by atoms with van der Waals surface area (Å²) in [4.78, 5) is 13.2. The van der Waals surface area contributed by atoms with E-state index in [4.69, 9.17) is 9.47 Å². The predicted molar refractivity (Wildman–Crippen MR) is 87.6 cm³/mol. The van der Waals surface area contributed by atoms with Gasteiger partial charge < -0.3 is 14.8 Å². The lowest BCUT2D eigenvalue weighted by Crippen LogP contribution is -2.28. The van der Waals surface area contributed by atoms with Gasteiger partial charge in [0.2, 0.25) is 18.5 Å². The zero-order valence-corrected chi connectivity index (χ0v) is 13.6. The Bertz CT molecular complexity index is 942. The van der Waals surface area contributed by atoms with Crippen LogP contribution in [0.25, 0.3) is 11.4 Å². The number of hydrogen-bond acceptors (Lipinski definition) is 6. The highest BCUT2D eigenvalue weighted by molar-refractivity contribution is 5.75. The van der Waals surface area contributed by atoms with Gasteiger partial charge in [0, 0.05) is 12.1 Å². The lowest BCUT2D eigenvalue weighted by Gasteiger charge is -2.04. The fourth-order valence-corrected chi connectivity index (χ4v) is 2.45. The number of halogens is 1. The molecule has 0 unspecified atom stereocenters. The van der Waals surface area contributed by atoms with Gasteiger partial charge in [-0.25, -0.2) is 4.39 Å². The van der Waals surface area contributed by atoms with Crippen molar-refractivity contribution in [3.05, 3.63) is 53.8 Å². The second kappa shape index (κ2) is 6.79. The fourth-order valence-electron chi connectivity index (χ4n) is 2.45. The van der Waals surface area contributed by atoms with Crippen molar-refractivity contribution in [3.63, 3.8) is 0 Å². The van der Waals surface area contributed by atoms with Gasteiger partial charge in [-0.1, -0.05) is 12.1 Å². The van der Waals surface area contributed by atoms with E-state index < -0.39 is 0 Å². The van der Waals surface area contributed by atoms with Gasteiger partial charge in [-0.15, -0.1) is 10.2 Å². The average molecular weight is 355 g/mol. The Morgan fingerprint density at radius 3 is 2.81 bits per heavy atom. The molecule has 4 rings (SSSR count). The Hall–Kier alpha value is -3.49. The highest BCUT2D eigenvalue weighted by Crippen LogP contribution is 2.34. The number of carbonyl (C=O) groups excluding carboxylic acids is 1. The number of ether oxygens (including phenoxy) is 2. The summed E-state index contributed by atoms with van der Waals surface area (Å²) in [5.41, 5.74) is 1.51. The Balaban J connectivity index is 1.37. The van der Waals surface area contributed by atoms with Crippen molar-refractivity contribution < 1.29 is 18.7 Å². The summed E-state index contributed by atoms with van der Waals surface area (Å²) < 4.78 is 23.4. The summed E-state index contributed by atoms with van der Waals surface area (Å²) >= 11 is 0. The molecule has 26 heavy (non-hydrogen) atoms. The Morgan fingerprint density at radius 2 is 1.96 bits per heavy atom. The molecule has 0 aliphatic carbocycles. The number of benzene rings is 2. The van der Waals surface area contributed by atoms with Crippen LogP contribution in [-0.2, 0) is 17.9 Å². The van der Waals surface area contributed by atoms with E-state index in [2.05, 4.69) is 20.7 Å². The summed E-state index contributed by atoms with van der Waals surface area (Å²) in [5.74, 6) is 1.08. The minimum absolute atomic E-state index is 0.0707. The first-order valence-electron chi connectivity index (χ1n) is 7.86. The standard InChI is InChI=1S/C17H14FN5O3/c18-13-4-1-11(2-5-13)8-19-16(24)9-23-21-17(20-22-23)12-3-6-14-15(7-12)26-10-25-14/h1-7H,8-10H2,(H,19,24). The number of fused-ring (bicyclic) bond motifs is 1. The molecule has 1 N–H and O–H groups in total. The molecule has 1 amide bonds. The van der Waals surface area contributed by atoms with Gasteiger partial charge in [0.15, 0.2) is 11.5 Å². The zero-order valence-electron chi connectivity index (χ0n) is 13.6. The first kappa shape index (κ1) is 16.0. The quantitative estimate of drug-likeness (QED) is 0.746. The van der Waals surface area contributed by atoms with Crippen LogP contribution in [0.4, 0.5) is 4.39 Å². The first-order valence-corrected chi connectivity index (χ1v) is 7.86. The molecule has 8 nitrogen and oxygen atoms in total. The molecule has 1 aliphatic heterocycles. The molecule has 2 aromatic carbocycles. The molecular weight excluding hydrogens is 341 g/mol. The van der Waals surface area contributed by atoms with E-state index >= 15 is 0 Å². The van der Waals surface area contributed by atoms with E-state index in [1.54, 1.807) is 30.3 Å². The lowest BCUT2D eigenvalue weighted by atomic mass is 10.2. The predicted octanol–water partition coefficient (Wildman–Crippen LogP) is 1.52. The third kappa shape index (κ3) is 3.46. The molecule has 0 saturated carbocycles. The van der Waals surface area contributed by atoms with Crippen molar-refractivity contribution in [1.29, 1.82) is 0 Å². The monoisotopic (exact) mass is 355 g/mol. The summed E-state index contributed by atoms with van der Waals surface area (Å²) in [6, 6.07) is 11.2. The van der Waals surface area contributed by atoms with Gasteiger partial charge >= 0.3 is 0 Å². The molecule has 132 valence electrons. The molecule has 9 heteroatoms. The van der Waals surface area contributed by atoms with Crippen LogP contribution in [0.3, 0.4) is 0 Å². The summed E-state index contributed by atoms with van der Waals surface area (Å²) in [5, 5.41) is 14.8. The van der Waals surface area contributed by atoms with Crippen LogP contribution in [0.15, 0.2) is 42.5 Å². The Labute approximate surface area is 147 Å². The van der Waals surface area contributed by atoms with Crippen LogP contribution in [0.1, 0.15) is 5.56 Å². The van der Waals surface area contributed by atoms with E-state index in [9.17, 15) is 9.18 Å². The van der Waals surface area contributed by atoms with Crippen molar-refractivity contribution in [2.45, 2.75) is 13.1 Å². The topological polar surface area (TPSA) is 91.2 Å². The first-order chi connectivity index (χ1) is 12.7. The second-order valence-corrected chi connectivity index (χ2v) is 5.61. The average Bonchev–Trinajstić information content (AvgIpc) is 3.29. The molecule has 0 fully saturated rings. The lowest BCUT2D eigenvalue weighted by molar-refractivity contribution is -0.122. The zero-order chi connectivity index (χ0) is 17.9. The SMILES string of the molecule is O=C(Cn1nnc(-c2ccc3c(c2)OCO3)n1)NCc1ccc(F)cc1. The van der Waals surface area contributed by atoms with Crippen LogP contribution < -0.4 is 14.8 Å². The van der Waals surface area contributed by atoms with E-state index in [1.807, 2.05) is 0 Å². The maximum Gasteiger partial charge on any atom is 0.243 e. The van der Waals surface area contributed by atoms with Crippen LogP contribution in [0.2, 0.25) is 0 Å². The van der Waals surface area contributed by atoms with Gasteiger partial charge in [-0.2, -0.15) is 4.80 Å². The molecule has 0 saturated heterocycles. The molecule has 0 spiro atoms. The fraction of sp³-hybridized carbons (Fsp3) is 0.176. The smallest absolute Gasteiger partial charge is 0.243 e. The van der Waals surface area contributed by atoms with Gasteiger partial charge in [0.25, 0.3) is 0 Å². The number of amides is 1. The Kier molecular flexibility index (Phi) is 4.18. The van der Waals surface area contributed by atoms with Crippen molar-refractivity contribution in [2.75, 3.05) is 6.79 Å². The van der Waals surface area contributed by atoms with E-state index in [0.29, 0.717) is 29.4 Å². The van der Waals surface area contributed by atoms with Crippen LogP contribution >= 0.6 is 0 Å². The number of tetrazole rings is 1. The number of nitrogens with zero attached hydrogens (tertiary/aromatic N) is 4. The van der Waals surface area contributed by atoms with E-state index in [0.717, 1.165) is 5.56 Å². The number of aromatic nitrogens is 4. The highest BCUT2D eigenvalue weighted by atomic mass is 19.1. The number of hydrogen-bond donors (Lipinski definition) is 1. The molecule has 0 radical (unpaired) electrons. The van der Waals surface area contributed by atoms with Gasteiger partial charge in [-0.05, 0) is 41.1 Å². The maximum atomic E-state index is 12.9. The summed E-state index contributed by atoms with van der Waals surface area (Å²) in [6.07, 6.45) is 0.